The second kappa shape index (κ2) is 7.39. The Hall–Kier alpha value is -3.08. The third kappa shape index (κ3) is 3.41. The molecular formula is C24H20ClN3O. The van der Waals surface area contributed by atoms with Crippen molar-refractivity contribution in [3.63, 3.8) is 0 Å². The molecule has 1 aromatic heterocycles. The lowest BCUT2D eigenvalue weighted by Gasteiger charge is -2.25. The molecule has 4 nitrogen and oxygen atoms in total. The number of aromatic nitrogens is 1. The topological polar surface area (TPSA) is 56.9 Å². The number of benzene rings is 3. The van der Waals surface area contributed by atoms with Gasteiger partial charge in [-0.3, -0.25) is 4.79 Å². The summed E-state index contributed by atoms with van der Waals surface area (Å²) in [5.41, 5.74) is 6.26. The lowest BCUT2D eigenvalue weighted by atomic mass is 9.94. The van der Waals surface area contributed by atoms with Crippen molar-refractivity contribution in [3.05, 3.63) is 100 Å². The third-order valence-corrected chi connectivity index (χ3v) is 5.68. The highest BCUT2D eigenvalue weighted by molar-refractivity contribution is 6.31. The molecule has 5 rings (SSSR count). The van der Waals surface area contributed by atoms with Gasteiger partial charge < -0.3 is 15.6 Å². The quantitative estimate of drug-likeness (QED) is 0.435. The first-order valence-corrected chi connectivity index (χ1v) is 10.1. The van der Waals surface area contributed by atoms with Crippen molar-refractivity contribution in [2.24, 2.45) is 0 Å². The molecule has 1 unspecified atom stereocenters. The number of para-hydroxylation sites is 1. The number of aromatic amines is 1. The van der Waals surface area contributed by atoms with Crippen LogP contribution in [0.2, 0.25) is 5.02 Å². The van der Waals surface area contributed by atoms with E-state index in [-0.39, 0.29) is 11.9 Å². The fraction of sp³-hybridized carbons (Fsp3) is 0.125. The molecular weight excluding hydrogens is 382 g/mol. The molecule has 29 heavy (non-hydrogen) atoms. The van der Waals surface area contributed by atoms with Crippen molar-refractivity contribution < 1.29 is 4.79 Å². The van der Waals surface area contributed by atoms with Gasteiger partial charge in [0.15, 0.2) is 0 Å². The fourth-order valence-electron chi connectivity index (χ4n) is 4.06. The smallest absolute Gasteiger partial charge is 0.255 e. The van der Waals surface area contributed by atoms with E-state index in [0.717, 1.165) is 18.7 Å². The Balaban J connectivity index is 1.39. The molecule has 0 spiro atoms. The van der Waals surface area contributed by atoms with Crippen LogP contribution in [0.25, 0.3) is 10.9 Å². The molecule has 3 N–H and O–H groups in total. The fourth-order valence-corrected chi connectivity index (χ4v) is 4.25. The summed E-state index contributed by atoms with van der Waals surface area (Å²) >= 11 is 5.98. The molecule has 144 valence electrons. The highest BCUT2D eigenvalue weighted by Gasteiger charge is 2.25. The molecule has 1 atom stereocenters. The number of fused-ring (bicyclic) bond motifs is 3. The number of carbonyl (C=O) groups is 1. The Morgan fingerprint density at radius 3 is 2.66 bits per heavy atom. The average Bonchev–Trinajstić information content (AvgIpc) is 3.13. The minimum absolute atomic E-state index is 0.115. The van der Waals surface area contributed by atoms with E-state index >= 15 is 0 Å². The first-order valence-electron chi connectivity index (χ1n) is 9.69. The highest BCUT2D eigenvalue weighted by Crippen LogP contribution is 2.33. The molecule has 1 amide bonds. The van der Waals surface area contributed by atoms with E-state index in [1.54, 1.807) is 24.3 Å². The summed E-state index contributed by atoms with van der Waals surface area (Å²) in [5, 5.41) is 8.39. The summed E-state index contributed by atoms with van der Waals surface area (Å²) in [7, 11) is 0. The maximum absolute atomic E-state index is 12.4. The number of hydrogen-bond acceptors (Lipinski definition) is 2. The van der Waals surface area contributed by atoms with E-state index in [4.69, 9.17) is 11.6 Å². The zero-order valence-corrected chi connectivity index (χ0v) is 16.5. The van der Waals surface area contributed by atoms with Gasteiger partial charge in [0.25, 0.3) is 5.91 Å². The van der Waals surface area contributed by atoms with Crippen LogP contribution in [0.5, 0.6) is 0 Å². The molecule has 1 aliphatic heterocycles. The van der Waals surface area contributed by atoms with E-state index in [0.29, 0.717) is 10.6 Å². The maximum Gasteiger partial charge on any atom is 0.255 e. The lowest BCUT2D eigenvalue weighted by molar-refractivity contribution is 0.102. The number of nitrogens with one attached hydrogen (secondary N) is 3. The van der Waals surface area contributed by atoms with Crippen LogP contribution in [-0.2, 0) is 6.42 Å². The summed E-state index contributed by atoms with van der Waals surface area (Å²) in [6.07, 6.45) is 1.02. The Morgan fingerprint density at radius 1 is 1.00 bits per heavy atom. The number of carbonyl (C=O) groups excluding carboxylic acids is 1. The predicted octanol–water partition coefficient (Wildman–Crippen LogP) is 5.31. The predicted molar refractivity (Wildman–Crippen MR) is 118 cm³/mol. The number of anilines is 1. The number of halogens is 1. The van der Waals surface area contributed by atoms with Gasteiger partial charge in [0.2, 0.25) is 0 Å². The largest absolute Gasteiger partial charge is 0.357 e. The van der Waals surface area contributed by atoms with Gasteiger partial charge in [-0.2, -0.15) is 0 Å². The van der Waals surface area contributed by atoms with Crippen LogP contribution in [-0.4, -0.2) is 17.4 Å². The van der Waals surface area contributed by atoms with E-state index < -0.39 is 0 Å². The zero-order valence-electron chi connectivity index (χ0n) is 15.7. The minimum Gasteiger partial charge on any atom is -0.357 e. The Labute approximate surface area is 173 Å². The van der Waals surface area contributed by atoms with Gasteiger partial charge in [-0.05, 0) is 53.9 Å². The SMILES string of the molecule is O=C(Nc1ccc(C2NCCc3c2[nH]c2ccccc32)cc1)c1cccc(Cl)c1. The van der Waals surface area contributed by atoms with Crippen LogP contribution in [0.15, 0.2) is 72.8 Å². The first-order chi connectivity index (χ1) is 14.2. The zero-order chi connectivity index (χ0) is 19.8. The summed E-state index contributed by atoms with van der Waals surface area (Å²) in [6.45, 7) is 0.937. The van der Waals surface area contributed by atoms with Crippen LogP contribution >= 0.6 is 11.6 Å². The maximum atomic E-state index is 12.4. The molecule has 0 bridgehead atoms. The van der Waals surface area contributed by atoms with Gasteiger partial charge in [0.05, 0.1) is 6.04 Å². The van der Waals surface area contributed by atoms with Crippen molar-refractivity contribution in [1.29, 1.82) is 0 Å². The second-order valence-corrected chi connectivity index (χ2v) is 7.72. The van der Waals surface area contributed by atoms with Gasteiger partial charge in [0.1, 0.15) is 0 Å². The van der Waals surface area contributed by atoms with Crippen LogP contribution < -0.4 is 10.6 Å². The number of amides is 1. The third-order valence-electron chi connectivity index (χ3n) is 5.45. The molecule has 1 aliphatic rings. The highest BCUT2D eigenvalue weighted by atomic mass is 35.5. The minimum atomic E-state index is -0.172. The molecule has 0 fully saturated rings. The summed E-state index contributed by atoms with van der Waals surface area (Å²) in [4.78, 5) is 16.0. The lowest BCUT2D eigenvalue weighted by Crippen LogP contribution is -2.30. The van der Waals surface area contributed by atoms with Crippen molar-refractivity contribution >= 4 is 34.1 Å². The number of rotatable bonds is 3. The normalized spacial score (nSPS) is 15.8. The molecule has 2 heterocycles. The number of hydrogen-bond donors (Lipinski definition) is 3. The van der Waals surface area contributed by atoms with Crippen molar-refractivity contribution in [1.82, 2.24) is 10.3 Å². The van der Waals surface area contributed by atoms with Gasteiger partial charge >= 0.3 is 0 Å². The Bertz CT molecular complexity index is 1200. The standard InChI is InChI=1S/C24H20ClN3O/c25-17-5-3-4-16(14-17)24(29)27-18-10-8-15(9-11-18)22-23-20(12-13-26-22)19-6-1-2-7-21(19)28-23/h1-11,14,22,26,28H,12-13H2,(H,27,29). The van der Waals surface area contributed by atoms with Gasteiger partial charge in [0, 0.05) is 39.4 Å². The summed E-state index contributed by atoms with van der Waals surface area (Å²) in [6, 6.07) is 23.5. The first kappa shape index (κ1) is 18.0. The molecule has 0 saturated heterocycles. The van der Waals surface area contributed by atoms with Gasteiger partial charge in [-0.15, -0.1) is 0 Å². The average molecular weight is 402 g/mol. The van der Waals surface area contributed by atoms with Gasteiger partial charge in [-0.1, -0.05) is 48.0 Å². The van der Waals surface area contributed by atoms with Crippen LogP contribution in [0.1, 0.15) is 33.2 Å². The molecule has 3 aromatic carbocycles. The van der Waals surface area contributed by atoms with E-state index in [2.05, 4.69) is 52.0 Å². The van der Waals surface area contributed by atoms with Crippen molar-refractivity contribution in [3.8, 4) is 0 Å². The van der Waals surface area contributed by atoms with E-state index in [9.17, 15) is 4.79 Å². The van der Waals surface area contributed by atoms with Crippen LogP contribution in [0, 0.1) is 0 Å². The second-order valence-electron chi connectivity index (χ2n) is 7.29. The number of H-pyrrole nitrogens is 1. The van der Waals surface area contributed by atoms with E-state index in [1.165, 1.54) is 27.7 Å². The monoisotopic (exact) mass is 401 g/mol. The van der Waals surface area contributed by atoms with E-state index in [1.807, 2.05) is 12.1 Å². The van der Waals surface area contributed by atoms with Crippen molar-refractivity contribution in [2.75, 3.05) is 11.9 Å². The summed E-state index contributed by atoms with van der Waals surface area (Å²) in [5.74, 6) is -0.172. The van der Waals surface area contributed by atoms with Crippen LogP contribution in [0.4, 0.5) is 5.69 Å². The Morgan fingerprint density at radius 2 is 1.83 bits per heavy atom. The molecule has 0 aliphatic carbocycles. The molecule has 0 radical (unpaired) electrons. The van der Waals surface area contributed by atoms with Crippen LogP contribution in [0.3, 0.4) is 0 Å². The molecule has 4 aromatic rings. The van der Waals surface area contributed by atoms with Gasteiger partial charge in [-0.25, -0.2) is 0 Å². The molecule has 5 heteroatoms. The molecule has 0 saturated carbocycles. The summed E-state index contributed by atoms with van der Waals surface area (Å²) < 4.78 is 0. The van der Waals surface area contributed by atoms with Crippen molar-refractivity contribution in [2.45, 2.75) is 12.5 Å². The Kier molecular flexibility index (Phi) is 4.58.